The molecule has 1 heterocycles. The topological polar surface area (TPSA) is 44.8 Å². The van der Waals surface area contributed by atoms with Gasteiger partial charge in [-0.3, -0.25) is 4.79 Å². The molecule has 0 bridgehead atoms. The minimum Gasteiger partial charge on any atom is -0.469 e. The van der Waals surface area contributed by atoms with E-state index in [4.69, 9.17) is 14.0 Å². The highest BCUT2D eigenvalue weighted by Gasteiger charge is 2.68. The molecule has 2 fully saturated rings. The summed E-state index contributed by atoms with van der Waals surface area (Å²) in [7, 11) is 1.12. The first kappa shape index (κ1) is 12.9. The summed E-state index contributed by atoms with van der Waals surface area (Å²) in [5.74, 6) is -0.0618. The van der Waals surface area contributed by atoms with Gasteiger partial charge in [0.25, 0.3) is 0 Å². The van der Waals surface area contributed by atoms with Gasteiger partial charge in [-0.05, 0) is 41.0 Å². The summed E-state index contributed by atoms with van der Waals surface area (Å²) in [6.45, 7) is 9.99. The summed E-state index contributed by atoms with van der Waals surface area (Å²) in [5.41, 5.74) is -1.11. The Labute approximate surface area is 103 Å². The van der Waals surface area contributed by atoms with Crippen molar-refractivity contribution in [2.75, 3.05) is 7.11 Å². The molecule has 0 amide bonds. The summed E-state index contributed by atoms with van der Waals surface area (Å²) < 4.78 is 16.7. The molecule has 0 aromatic carbocycles. The van der Waals surface area contributed by atoms with Crippen molar-refractivity contribution in [3.8, 4) is 0 Å². The SMILES string of the molecule is COC(=O)C1(C)CC1B1OC(C)(C)C(C)(C)O1. The van der Waals surface area contributed by atoms with Crippen molar-refractivity contribution in [1.82, 2.24) is 0 Å². The zero-order chi connectivity index (χ0) is 13.1. The van der Waals surface area contributed by atoms with Crippen LogP contribution < -0.4 is 0 Å². The zero-order valence-corrected chi connectivity index (χ0v) is 11.5. The lowest BCUT2D eigenvalue weighted by atomic mass is 9.77. The third kappa shape index (κ3) is 1.80. The molecular formula is C12H21BO4. The monoisotopic (exact) mass is 240 g/mol. The van der Waals surface area contributed by atoms with Crippen LogP contribution in [-0.4, -0.2) is 31.4 Å². The van der Waals surface area contributed by atoms with Crippen LogP contribution in [0.25, 0.3) is 0 Å². The lowest BCUT2D eigenvalue weighted by Crippen LogP contribution is -2.41. The van der Waals surface area contributed by atoms with Crippen LogP contribution in [0.1, 0.15) is 41.0 Å². The van der Waals surface area contributed by atoms with Crippen molar-refractivity contribution in [3.63, 3.8) is 0 Å². The Hall–Kier alpha value is -0.545. The first-order chi connectivity index (χ1) is 7.64. The summed E-state index contributed by atoms with van der Waals surface area (Å²) in [4.78, 5) is 11.7. The van der Waals surface area contributed by atoms with E-state index in [9.17, 15) is 4.79 Å². The van der Waals surface area contributed by atoms with Gasteiger partial charge >= 0.3 is 13.1 Å². The lowest BCUT2D eigenvalue weighted by molar-refractivity contribution is -0.146. The molecule has 17 heavy (non-hydrogen) atoms. The van der Waals surface area contributed by atoms with Gasteiger partial charge < -0.3 is 14.0 Å². The van der Waals surface area contributed by atoms with Gasteiger partial charge in [0.15, 0.2) is 0 Å². The minimum atomic E-state index is -0.435. The first-order valence-electron chi connectivity index (χ1n) is 6.08. The molecule has 1 aliphatic heterocycles. The Morgan fingerprint density at radius 3 is 2.06 bits per heavy atom. The molecule has 0 N–H and O–H groups in total. The van der Waals surface area contributed by atoms with Crippen LogP contribution in [0.4, 0.5) is 0 Å². The van der Waals surface area contributed by atoms with Crippen LogP contribution in [-0.2, 0) is 18.8 Å². The Morgan fingerprint density at radius 1 is 1.18 bits per heavy atom. The van der Waals surface area contributed by atoms with E-state index in [2.05, 4.69) is 0 Å². The third-order valence-corrected chi connectivity index (χ3v) is 4.55. The van der Waals surface area contributed by atoms with Crippen molar-refractivity contribution >= 4 is 13.1 Å². The highest BCUT2D eigenvalue weighted by Crippen LogP contribution is 2.62. The van der Waals surface area contributed by atoms with Crippen molar-refractivity contribution in [1.29, 1.82) is 0 Å². The zero-order valence-electron chi connectivity index (χ0n) is 11.5. The fourth-order valence-corrected chi connectivity index (χ4v) is 2.32. The Kier molecular flexibility index (Phi) is 2.64. The number of hydrogen-bond acceptors (Lipinski definition) is 4. The molecule has 2 atom stereocenters. The Balaban J connectivity index is 2.08. The molecule has 2 rings (SSSR count). The standard InChI is InChI=1S/C12H21BO4/c1-10(2)11(3,4)17-13(16-10)8-7-12(8,5)9(14)15-6/h8H,7H2,1-6H3. The quantitative estimate of drug-likeness (QED) is 0.547. The average molecular weight is 240 g/mol. The first-order valence-corrected chi connectivity index (χ1v) is 6.08. The van der Waals surface area contributed by atoms with E-state index in [1.54, 1.807) is 0 Å². The second-order valence-corrected chi connectivity index (χ2v) is 6.34. The van der Waals surface area contributed by atoms with E-state index in [-0.39, 0.29) is 30.1 Å². The van der Waals surface area contributed by atoms with Crippen molar-refractivity contribution < 1.29 is 18.8 Å². The maximum atomic E-state index is 11.7. The second-order valence-electron chi connectivity index (χ2n) is 6.34. The van der Waals surface area contributed by atoms with Crippen molar-refractivity contribution in [2.24, 2.45) is 5.41 Å². The van der Waals surface area contributed by atoms with E-state index >= 15 is 0 Å². The fourth-order valence-electron chi connectivity index (χ4n) is 2.32. The highest BCUT2D eigenvalue weighted by molar-refractivity contribution is 6.50. The highest BCUT2D eigenvalue weighted by atomic mass is 16.7. The summed E-state index contributed by atoms with van der Waals surface area (Å²) >= 11 is 0. The minimum absolute atomic E-state index is 0.107. The fraction of sp³-hybridized carbons (Fsp3) is 0.917. The molecule has 0 aromatic heterocycles. The molecule has 0 radical (unpaired) electrons. The maximum Gasteiger partial charge on any atom is 0.462 e. The average Bonchev–Trinajstić information content (AvgIpc) is 2.83. The van der Waals surface area contributed by atoms with Gasteiger partial charge in [-0.1, -0.05) is 0 Å². The van der Waals surface area contributed by atoms with Gasteiger partial charge in [-0.15, -0.1) is 0 Å². The number of hydrogen-bond donors (Lipinski definition) is 0. The van der Waals surface area contributed by atoms with Gasteiger partial charge in [0.1, 0.15) is 0 Å². The van der Waals surface area contributed by atoms with E-state index in [0.29, 0.717) is 0 Å². The molecule has 1 saturated carbocycles. The molecular weight excluding hydrogens is 219 g/mol. The number of carbonyl (C=O) groups excluding carboxylic acids is 1. The Bertz CT molecular complexity index is 336. The van der Waals surface area contributed by atoms with Crippen LogP contribution >= 0.6 is 0 Å². The smallest absolute Gasteiger partial charge is 0.462 e. The molecule has 2 unspecified atom stereocenters. The molecule has 2 aliphatic rings. The maximum absolute atomic E-state index is 11.7. The van der Waals surface area contributed by atoms with Gasteiger partial charge in [-0.25, -0.2) is 0 Å². The van der Waals surface area contributed by atoms with Gasteiger partial charge in [0, 0.05) is 5.82 Å². The number of esters is 1. The largest absolute Gasteiger partial charge is 0.469 e. The van der Waals surface area contributed by atoms with Gasteiger partial charge in [0.2, 0.25) is 0 Å². The van der Waals surface area contributed by atoms with Gasteiger partial charge in [-0.2, -0.15) is 0 Å². The van der Waals surface area contributed by atoms with Crippen LogP contribution in [0, 0.1) is 5.41 Å². The molecule has 4 nitrogen and oxygen atoms in total. The molecule has 0 spiro atoms. The molecule has 96 valence electrons. The summed E-state index contributed by atoms with van der Waals surface area (Å²) in [6, 6.07) is 0. The van der Waals surface area contributed by atoms with Crippen LogP contribution in [0.3, 0.4) is 0 Å². The number of carbonyl (C=O) groups is 1. The molecule has 0 aromatic rings. The van der Waals surface area contributed by atoms with Gasteiger partial charge in [0.05, 0.1) is 23.7 Å². The van der Waals surface area contributed by atoms with E-state index in [1.165, 1.54) is 7.11 Å². The summed E-state index contributed by atoms with van der Waals surface area (Å²) in [6.07, 6.45) is 0.774. The Morgan fingerprint density at radius 2 is 1.65 bits per heavy atom. The molecule has 5 heteroatoms. The van der Waals surface area contributed by atoms with E-state index < -0.39 is 5.41 Å². The molecule has 1 saturated heterocycles. The predicted octanol–water partition coefficient (Wildman–Crippen LogP) is 2.03. The predicted molar refractivity (Wildman–Crippen MR) is 64.6 cm³/mol. The summed E-state index contributed by atoms with van der Waals surface area (Å²) in [5, 5.41) is 0. The van der Waals surface area contributed by atoms with Crippen LogP contribution in [0.2, 0.25) is 5.82 Å². The van der Waals surface area contributed by atoms with Crippen LogP contribution in [0.15, 0.2) is 0 Å². The van der Waals surface area contributed by atoms with Crippen LogP contribution in [0.5, 0.6) is 0 Å². The normalized spacial score (nSPS) is 38.0. The van der Waals surface area contributed by atoms with E-state index in [1.807, 2.05) is 34.6 Å². The second kappa shape index (κ2) is 3.48. The lowest BCUT2D eigenvalue weighted by Gasteiger charge is -2.32. The van der Waals surface area contributed by atoms with Crippen molar-refractivity contribution in [3.05, 3.63) is 0 Å². The number of rotatable bonds is 2. The number of methoxy groups -OCH3 is 1. The van der Waals surface area contributed by atoms with E-state index in [0.717, 1.165) is 6.42 Å². The number of ether oxygens (including phenoxy) is 1. The third-order valence-electron chi connectivity index (χ3n) is 4.55. The van der Waals surface area contributed by atoms with Crippen molar-refractivity contribution in [2.45, 2.75) is 58.1 Å². The molecule has 1 aliphatic carbocycles.